The van der Waals surface area contributed by atoms with Crippen molar-refractivity contribution in [2.75, 3.05) is 17.2 Å². The molecule has 3 N–H and O–H groups in total. The predicted molar refractivity (Wildman–Crippen MR) is 84.2 cm³/mol. The van der Waals surface area contributed by atoms with Gasteiger partial charge in [0.05, 0.1) is 0 Å². The molecule has 5 heteroatoms. The van der Waals surface area contributed by atoms with Crippen molar-refractivity contribution >= 4 is 23.2 Å². The standard InChI is InChI=1S/C16H23N3O2/c1-11(2)17-10-9-15(20)18-13-5-7-14(8-6-13)19-16(21)12-3-4-12/h5-8,11-12,17H,3-4,9-10H2,1-2H3,(H,18,20)(H,19,21). The summed E-state index contributed by atoms with van der Waals surface area (Å²) in [6.07, 6.45) is 2.42. The van der Waals surface area contributed by atoms with E-state index in [0.717, 1.165) is 24.2 Å². The van der Waals surface area contributed by atoms with Gasteiger partial charge in [0, 0.05) is 36.3 Å². The number of nitrogens with one attached hydrogen (secondary N) is 3. The molecular formula is C16H23N3O2. The summed E-state index contributed by atoms with van der Waals surface area (Å²) < 4.78 is 0. The molecule has 1 aromatic carbocycles. The van der Waals surface area contributed by atoms with Crippen LogP contribution in [-0.2, 0) is 9.59 Å². The van der Waals surface area contributed by atoms with Crippen LogP contribution in [0.25, 0.3) is 0 Å². The van der Waals surface area contributed by atoms with Gasteiger partial charge in [0.15, 0.2) is 0 Å². The first-order valence-corrected chi connectivity index (χ1v) is 7.49. The Morgan fingerprint density at radius 3 is 2.19 bits per heavy atom. The van der Waals surface area contributed by atoms with Gasteiger partial charge in [0.25, 0.3) is 0 Å². The van der Waals surface area contributed by atoms with Gasteiger partial charge in [-0.3, -0.25) is 9.59 Å². The van der Waals surface area contributed by atoms with Crippen LogP contribution in [-0.4, -0.2) is 24.4 Å². The SMILES string of the molecule is CC(C)NCCC(=O)Nc1ccc(NC(=O)C2CC2)cc1. The third-order valence-corrected chi connectivity index (χ3v) is 3.29. The molecule has 1 aliphatic rings. The molecule has 2 rings (SSSR count). The molecule has 1 aromatic rings. The maximum atomic E-state index is 11.7. The molecule has 0 aromatic heterocycles. The first-order chi connectivity index (χ1) is 10.0. The van der Waals surface area contributed by atoms with E-state index in [1.165, 1.54) is 0 Å². The largest absolute Gasteiger partial charge is 0.326 e. The Labute approximate surface area is 125 Å². The minimum absolute atomic E-state index is 0.0158. The van der Waals surface area contributed by atoms with Crippen molar-refractivity contribution in [3.63, 3.8) is 0 Å². The molecule has 0 spiro atoms. The Morgan fingerprint density at radius 1 is 1.10 bits per heavy atom. The average Bonchev–Trinajstić information content (AvgIpc) is 3.25. The van der Waals surface area contributed by atoms with Gasteiger partial charge >= 0.3 is 0 Å². The molecule has 0 aliphatic heterocycles. The van der Waals surface area contributed by atoms with E-state index in [9.17, 15) is 9.59 Å². The Balaban J connectivity index is 1.76. The van der Waals surface area contributed by atoms with Crippen LogP contribution in [0.15, 0.2) is 24.3 Å². The van der Waals surface area contributed by atoms with Crippen LogP contribution >= 0.6 is 0 Å². The topological polar surface area (TPSA) is 70.2 Å². The summed E-state index contributed by atoms with van der Waals surface area (Å²) in [5.41, 5.74) is 1.51. The van der Waals surface area contributed by atoms with Crippen LogP contribution in [0.2, 0.25) is 0 Å². The fourth-order valence-electron chi connectivity index (χ4n) is 1.92. The Morgan fingerprint density at radius 2 is 1.67 bits per heavy atom. The van der Waals surface area contributed by atoms with E-state index in [-0.39, 0.29) is 17.7 Å². The van der Waals surface area contributed by atoms with Gasteiger partial charge < -0.3 is 16.0 Å². The molecule has 2 amide bonds. The second-order valence-corrected chi connectivity index (χ2v) is 5.75. The second kappa shape index (κ2) is 7.22. The smallest absolute Gasteiger partial charge is 0.227 e. The first-order valence-electron chi connectivity index (χ1n) is 7.49. The van der Waals surface area contributed by atoms with Crippen molar-refractivity contribution in [1.29, 1.82) is 0 Å². The van der Waals surface area contributed by atoms with E-state index >= 15 is 0 Å². The van der Waals surface area contributed by atoms with E-state index in [1.807, 2.05) is 26.0 Å². The van der Waals surface area contributed by atoms with E-state index < -0.39 is 0 Å². The third-order valence-electron chi connectivity index (χ3n) is 3.29. The molecule has 0 heterocycles. The van der Waals surface area contributed by atoms with Crippen LogP contribution in [0.3, 0.4) is 0 Å². The van der Waals surface area contributed by atoms with Gasteiger partial charge in [-0.1, -0.05) is 13.8 Å². The fourth-order valence-corrected chi connectivity index (χ4v) is 1.92. The summed E-state index contributed by atoms with van der Waals surface area (Å²) in [5.74, 6) is 0.266. The molecule has 5 nitrogen and oxygen atoms in total. The molecule has 0 radical (unpaired) electrons. The normalized spacial score (nSPS) is 14.0. The summed E-state index contributed by atoms with van der Waals surface area (Å²) in [4.78, 5) is 23.4. The van der Waals surface area contributed by atoms with Crippen molar-refractivity contribution in [3.8, 4) is 0 Å². The number of benzene rings is 1. The van der Waals surface area contributed by atoms with E-state index in [1.54, 1.807) is 12.1 Å². The van der Waals surface area contributed by atoms with Gasteiger partial charge in [-0.25, -0.2) is 0 Å². The molecule has 0 bridgehead atoms. The van der Waals surface area contributed by atoms with Crippen LogP contribution < -0.4 is 16.0 Å². The molecular weight excluding hydrogens is 266 g/mol. The van der Waals surface area contributed by atoms with Gasteiger partial charge in [-0.2, -0.15) is 0 Å². The highest BCUT2D eigenvalue weighted by Crippen LogP contribution is 2.30. The molecule has 1 fully saturated rings. The van der Waals surface area contributed by atoms with Crippen molar-refractivity contribution in [3.05, 3.63) is 24.3 Å². The quantitative estimate of drug-likeness (QED) is 0.721. The minimum atomic E-state index is -0.0158. The van der Waals surface area contributed by atoms with Gasteiger partial charge in [0.2, 0.25) is 11.8 Å². The van der Waals surface area contributed by atoms with Crippen LogP contribution in [0.1, 0.15) is 33.1 Å². The number of amides is 2. The molecule has 21 heavy (non-hydrogen) atoms. The zero-order chi connectivity index (χ0) is 15.2. The highest BCUT2D eigenvalue weighted by Gasteiger charge is 2.29. The maximum absolute atomic E-state index is 11.7. The average molecular weight is 289 g/mol. The lowest BCUT2D eigenvalue weighted by Gasteiger charge is -2.09. The second-order valence-electron chi connectivity index (χ2n) is 5.75. The summed E-state index contributed by atoms with van der Waals surface area (Å²) in [6.45, 7) is 4.76. The zero-order valence-corrected chi connectivity index (χ0v) is 12.6. The van der Waals surface area contributed by atoms with Gasteiger partial charge in [0.1, 0.15) is 0 Å². The highest BCUT2D eigenvalue weighted by atomic mass is 16.2. The number of carbonyl (C=O) groups excluding carboxylic acids is 2. The van der Waals surface area contributed by atoms with Crippen molar-refractivity contribution in [2.24, 2.45) is 5.92 Å². The Bertz CT molecular complexity index is 493. The lowest BCUT2D eigenvalue weighted by Crippen LogP contribution is -2.27. The molecule has 0 saturated heterocycles. The van der Waals surface area contributed by atoms with Gasteiger partial charge in [-0.05, 0) is 37.1 Å². The molecule has 1 aliphatic carbocycles. The Hall–Kier alpha value is -1.88. The van der Waals surface area contributed by atoms with E-state index in [2.05, 4.69) is 16.0 Å². The van der Waals surface area contributed by atoms with Gasteiger partial charge in [-0.15, -0.1) is 0 Å². The minimum Gasteiger partial charge on any atom is -0.326 e. The van der Waals surface area contributed by atoms with Crippen molar-refractivity contribution in [2.45, 2.75) is 39.2 Å². The monoisotopic (exact) mass is 289 g/mol. The van der Waals surface area contributed by atoms with E-state index in [4.69, 9.17) is 0 Å². The number of hydrogen-bond acceptors (Lipinski definition) is 3. The number of rotatable bonds is 7. The third kappa shape index (κ3) is 5.55. The number of carbonyl (C=O) groups is 2. The molecule has 0 unspecified atom stereocenters. The lowest BCUT2D eigenvalue weighted by atomic mass is 10.2. The molecule has 114 valence electrons. The predicted octanol–water partition coefficient (Wildman–Crippen LogP) is 2.36. The Kier molecular flexibility index (Phi) is 5.33. The summed E-state index contributed by atoms with van der Waals surface area (Å²) in [6, 6.07) is 7.60. The first kappa shape index (κ1) is 15.5. The summed E-state index contributed by atoms with van der Waals surface area (Å²) in [5, 5.41) is 8.91. The lowest BCUT2D eigenvalue weighted by molar-refractivity contribution is -0.117. The maximum Gasteiger partial charge on any atom is 0.227 e. The summed E-state index contributed by atoms with van der Waals surface area (Å²) in [7, 11) is 0. The van der Waals surface area contributed by atoms with Crippen LogP contribution in [0.5, 0.6) is 0 Å². The van der Waals surface area contributed by atoms with E-state index in [0.29, 0.717) is 19.0 Å². The number of anilines is 2. The van der Waals surface area contributed by atoms with Crippen molar-refractivity contribution in [1.82, 2.24) is 5.32 Å². The molecule has 1 saturated carbocycles. The summed E-state index contributed by atoms with van der Waals surface area (Å²) >= 11 is 0. The number of hydrogen-bond donors (Lipinski definition) is 3. The van der Waals surface area contributed by atoms with Crippen LogP contribution in [0, 0.1) is 5.92 Å². The van der Waals surface area contributed by atoms with Crippen LogP contribution in [0.4, 0.5) is 11.4 Å². The molecule has 0 atom stereocenters. The fraction of sp³-hybridized carbons (Fsp3) is 0.500. The van der Waals surface area contributed by atoms with Crippen molar-refractivity contribution < 1.29 is 9.59 Å². The zero-order valence-electron chi connectivity index (χ0n) is 12.6. The highest BCUT2D eigenvalue weighted by molar-refractivity contribution is 5.95.